The third kappa shape index (κ3) is 2.33. The molecule has 1 aromatic rings. The lowest BCUT2D eigenvalue weighted by Crippen LogP contribution is -2.27. The van der Waals surface area contributed by atoms with Crippen molar-refractivity contribution in [1.29, 1.82) is 0 Å². The van der Waals surface area contributed by atoms with Crippen LogP contribution in [-0.4, -0.2) is 26.0 Å². The molecule has 1 aliphatic rings. The molecule has 0 saturated carbocycles. The van der Waals surface area contributed by atoms with Crippen LogP contribution in [0.4, 0.5) is 4.39 Å². The fourth-order valence-corrected chi connectivity index (χ4v) is 2.61. The van der Waals surface area contributed by atoms with Crippen LogP contribution >= 0.6 is 9.24 Å². The first-order chi connectivity index (χ1) is 8.49. The van der Waals surface area contributed by atoms with Crippen LogP contribution < -0.4 is 0 Å². The van der Waals surface area contributed by atoms with Gasteiger partial charge in [-0.25, -0.2) is 14.1 Å². The maximum atomic E-state index is 14.4. The topological polar surface area (TPSA) is 47.8 Å². The van der Waals surface area contributed by atoms with Gasteiger partial charge in [-0.2, -0.15) is 0 Å². The molecule has 0 fully saturated rings. The summed E-state index contributed by atoms with van der Waals surface area (Å²) in [6.07, 6.45) is 3.02. The molecule has 0 N–H and O–H groups in total. The van der Waals surface area contributed by atoms with Crippen LogP contribution in [0.5, 0.6) is 0 Å². The van der Waals surface area contributed by atoms with Crippen LogP contribution in [0.25, 0.3) is 0 Å². The van der Waals surface area contributed by atoms with Crippen molar-refractivity contribution in [3.63, 3.8) is 0 Å². The normalized spacial score (nSPS) is 21.7. The molecule has 1 aliphatic heterocycles. The molecule has 18 heavy (non-hydrogen) atoms. The van der Waals surface area contributed by atoms with Gasteiger partial charge in [0.05, 0.1) is 6.04 Å². The predicted molar refractivity (Wildman–Crippen MR) is 70.5 cm³/mol. The van der Waals surface area contributed by atoms with Gasteiger partial charge in [-0.1, -0.05) is 23.1 Å². The van der Waals surface area contributed by atoms with E-state index in [1.807, 2.05) is 13.8 Å². The van der Waals surface area contributed by atoms with E-state index in [0.717, 1.165) is 12.2 Å². The summed E-state index contributed by atoms with van der Waals surface area (Å²) in [5.74, 6) is 0.925. The van der Waals surface area contributed by atoms with Crippen molar-refractivity contribution in [2.75, 3.05) is 0 Å². The van der Waals surface area contributed by atoms with Crippen LogP contribution in [0.3, 0.4) is 0 Å². The lowest BCUT2D eigenvalue weighted by molar-refractivity contribution is 0.0969. The average molecular weight is 271 g/mol. The van der Waals surface area contributed by atoms with Crippen molar-refractivity contribution in [3.8, 4) is 0 Å². The highest BCUT2D eigenvalue weighted by Gasteiger charge is 2.40. The highest BCUT2D eigenvalue weighted by atomic mass is 31.0. The minimum atomic E-state index is -1.37. The Morgan fingerprint density at radius 1 is 1.61 bits per heavy atom. The number of carbonyl (C=O) groups excluding carboxylic acids is 1. The van der Waals surface area contributed by atoms with E-state index in [-0.39, 0.29) is 17.6 Å². The van der Waals surface area contributed by atoms with Crippen molar-refractivity contribution in [3.05, 3.63) is 11.6 Å². The Bertz CT molecular complexity index is 458. The zero-order valence-electron chi connectivity index (χ0n) is 10.8. The smallest absolute Gasteiger partial charge is 0.217 e. The molecule has 0 spiro atoms. The van der Waals surface area contributed by atoms with E-state index in [1.165, 1.54) is 0 Å². The summed E-state index contributed by atoms with van der Waals surface area (Å²) in [6.45, 7) is 3.75. The SMILES string of the molecule is CCCC(=O)c1nc2n(n1)C(C(F)(P)CC)CC2. The summed E-state index contributed by atoms with van der Waals surface area (Å²) in [6, 6.07) is -0.321. The number of aryl methyl sites for hydroxylation is 1. The summed E-state index contributed by atoms with van der Waals surface area (Å²) in [4.78, 5) is 16.0. The lowest BCUT2D eigenvalue weighted by atomic mass is 10.1. The van der Waals surface area contributed by atoms with E-state index in [0.29, 0.717) is 25.7 Å². The van der Waals surface area contributed by atoms with Gasteiger partial charge in [-0.05, 0) is 19.3 Å². The zero-order valence-corrected chi connectivity index (χ0v) is 12.0. The average Bonchev–Trinajstić information content (AvgIpc) is 2.88. The van der Waals surface area contributed by atoms with Crippen molar-refractivity contribution in [2.24, 2.45) is 0 Å². The number of halogens is 1. The summed E-state index contributed by atoms with van der Waals surface area (Å²) < 4.78 is 16.0. The van der Waals surface area contributed by atoms with E-state index in [4.69, 9.17) is 0 Å². The summed E-state index contributed by atoms with van der Waals surface area (Å²) in [7, 11) is 2.27. The van der Waals surface area contributed by atoms with Crippen molar-refractivity contribution >= 4 is 15.0 Å². The molecular formula is C12H19FN3OP. The molecule has 0 amide bonds. The number of ketones is 1. The Labute approximate surface area is 109 Å². The van der Waals surface area contributed by atoms with Gasteiger partial charge in [0.2, 0.25) is 11.6 Å². The molecule has 0 aliphatic carbocycles. The van der Waals surface area contributed by atoms with Gasteiger partial charge in [-0.3, -0.25) is 4.79 Å². The fourth-order valence-electron chi connectivity index (χ4n) is 2.30. The van der Waals surface area contributed by atoms with Crippen molar-refractivity contribution in [2.45, 2.75) is 57.4 Å². The molecule has 100 valence electrons. The monoisotopic (exact) mass is 271 g/mol. The summed E-state index contributed by atoms with van der Waals surface area (Å²) in [5.41, 5.74) is 0. The molecule has 3 atom stereocenters. The molecule has 0 radical (unpaired) electrons. The Morgan fingerprint density at radius 3 is 2.94 bits per heavy atom. The zero-order chi connectivity index (χ0) is 13.3. The van der Waals surface area contributed by atoms with Gasteiger partial charge in [0.1, 0.15) is 11.2 Å². The van der Waals surface area contributed by atoms with Gasteiger partial charge in [0, 0.05) is 12.8 Å². The summed E-state index contributed by atoms with van der Waals surface area (Å²) >= 11 is 0. The van der Waals surface area contributed by atoms with Crippen molar-refractivity contribution < 1.29 is 9.18 Å². The molecule has 6 heteroatoms. The highest BCUT2D eigenvalue weighted by molar-refractivity contribution is 7.18. The Kier molecular flexibility index (Phi) is 3.81. The molecule has 1 aromatic heterocycles. The maximum Gasteiger partial charge on any atom is 0.217 e. The number of Topliss-reactive ketones (excluding diaryl/α,β-unsaturated/α-hetero) is 1. The van der Waals surface area contributed by atoms with Crippen LogP contribution in [0.15, 0.2) is 0 Å². The minimum Gasteiger partial charge on any atom is -0.291 e. The van der Waals surface area contributed by atoms with Gasteiger partial charge < -0.3 is 0 Å². The third-order valence-electron chi connectivity index (χ3n) is 3.46. The molecule has 0 bridgehead atoms. The number of rotatable bonds is 5. The Hall–Kier alpha value is -0.830. The number of hydrogen-bond donors (Lipinski definition) is 0. The van der Waals surface area contributed by atoms with Crippen LogP contribution in [-0.2, 0) is 6.42 Å². The fraction of sp³-hybridized carbons (Fsp3) is 0.750. The third-order valence-corrected chi connectivity index (χ3v) is 4.25. The van der Waals surface area contributed by atoms with E-state index in [1.54, 1.807) is 4.68 Å². The Morgan fingerprint density at radius 2 is 2.33 bits per heavy atom. The minimum absolute atomic E-state index is 0.0529. The second-order valence-electron chi connectivity index (χ2n) is 4.80. The molecule has 2 heterocycles. The largest absolute Gasteiger partial charge is 0.291 e. The summed E-state index contributed by atoms with van der Waals surface area (Å²) in [5, 5.41) is 2.84. The maximum absolute atomic E-state index is 14.4. The predicted octanol–water partition coefficient (Wildman–Crippen LogP) is 2.70. The van der Waals surface area contributed by atoms with E-state index in [2.05, 4.69) is 19.3 Å². The lowest BCUT2D eigenvalue weighted by Gasteiger charge is -2.25. The van der Waals surface area contributed by atoms with Gasteiger partial charge in [0.25, 0.3) is 0 Å². The van der Waals surface area contributed by atoms with Crippen LogP contribution in [0.2, 0.25) is 0 Å². The number of fused-ring (bicyclic) bond motifs is 1. The van der Waals surface area contributed by atoms with Gasteiger partial charge in [0.15, 0.2) is 0 Å². The highest BCUT2D eigenvalue weighted by Crippen LogP contribution is 2.42. The number of aromatic nitrogens is 3. The van der Waals surface area contributed by atoms with Crippen LogP contribution in [0.1, 0.15) is 62.0 Å². The standard InChI is InChI=1S/C12H19FN3OP/c1-3-5-8(17)11-14-10-7-6-9(16(10)15-11)12(13,18)4-2/h9H,3-7,18H2,1-2H3. The van der Waals surface area contributed by atoms with Crippen molar-refractivity contribution in [1.82, 2.24) is 14.8 Å². The van der Waals surface area contributed by atoms with E-state index >= 15 is 0 Å². The second kappa shape index (κ2) is 5.04. The van der Waals surface area contributed by atoms with Crippen LogP contribution in [0, 0.1) is 0 Å². The number of alkyl halides is 1. The van der Waals surface area contributed by atoms with Gasteiger partial charge in [-0.15, -0.1) is 5.10 Å². The van der Waals surface area contributed by atoms with Gasteiger partial charge >= 0.3 is 0 Å². The molecule has 2 rings (SSSR count). The van der Waals surface area contributed by atoms with E-state index < -0.39 is 5.41 Å². The number of nitrogens with zero attached hydrogens (tertiary/aromatic N) is 3. The first kappa shape index (κ1) is 13.6. The second-order valence-corrected chi connectivity index (χ2v) is 5.76. The molecule has 0 aromatic carbocycles. The first-order valence-corrected chi connectivity index (χ1v) is 7.03. The molecule has 3 unspecified atom stereocenters. The van der Waals surface area contributed by atoms with E-state index in [9.17, 15) is 9.18 Å². The molecular weight excluding hydrogens is 252 g/mol. The number of hydrogen-bond acceptors (Lipinski definition) is 3. The number of carbonyl (C=O) groups is 1. The quantitative estimate of drug-likeness (QED) is 0.611. The molecule has 0 saturated heterocycles. The first-order valence-electron chi connectivity index (χ1n) is 6.46. The Balaban J connectivity index is 2.26. The molecule has 4 nitrogen and oxygen atoms in total.